The van der Waals surface area contributed by atoms with E-state index in [1.54, 1.807) is 4.57 Å². The van der Waals surface area contributed by atoms with Gasteiger partial charge in [-0.2, -0.15) is 0 Å². The molecule has 4 aromatic rings. The molecule has 0 unspecified atom stereocenters. The van der Waals surface area contributed by atoms with Crippen LogP contribution in [0, 0.1) is 0 Å². The molecule has 0 N–H and O–H groups in total. The summed E-state index contributed by atoms with van der Waals surface area (Å²) in [5, 5.41) is 2.84. The van der Waals surface area contributed by atoms with Crippen LogP contribution in [-0.2, 0) is 13.6 Å². The van der Waals surface area contributed by atoms with E-state index in [1.807, 2.05) is 64.9 Å². The lowest BCUT2D eigenvalue weighted by molar-refractivity contribution is 0.230. The summed E-state index contributed by atoms with van der Waals surface area (Å²) in [5.41, 5.74) is 3.85. The Morgan fingerprint density at radius 3 is 2.54 bits per heavy atom. The Hall–Kier alpha value is -2.77. The second-order valence-corrected chi connectivity index (χ2v) is 7.65. The van der Waals surface area contributed by atoms with Gasteiger partial charge in [0.2, 0.25) is 0 Å². The third kappa shape index (κ3) is 2.87. The van der Waals surface area contributed by atoms with Gasteiger partial charge in [-0.25, -0.2) is 14.5 Å². The topological polar surface area (TPSA) is 50.7 Å². The van der Waals surface area contributed by atoms with Crippen molar-refractivity contribution < 1.29 is 0 Å². The molecule has 1 fully saturated rings. The second kappa shape index (κ2) is 6.68. The number of benzene rings is 1. The van der Waals surface area contributed by atoms with Crippen molar-refractivity contribution in [1.82, 2.24) is 23.5 Å². The minimum Gasteiger partial charge on any atom is -0.306 e. The van der Waals surface area contributed by atoms with Crippen LogP contribution in [0.2, 0.25) is 5.02 Å². The van der Waals surface area contributed by atoms with Crippen molar-refractivity contribution >= 4 is 28.3 Å². The maximum atomic E-state index is 12.7. The number of rotatable bonds is 3. The first-order valence-corrected chi connectivity index (χ1v) is 9.75. The molecule has 4 heterocycles. The van der Waals surface area contributed by atoms with E-state index in [0.29, 0.717) is 5.02 Å². The second-order valence-electron chi connectivity index (χ2n) is 7.22. The van der Waals surface area contributed by atoms with Gasteiger partial charge in [0, 0.05) is 52.2 Å². The first-order valence-electron chi connectivity index (χ1n) is 9.37. The van der Waals surface area contributed by atoms with Crippen LogP contribution in [-0.4, -0.2) is 49.7 Å². The van der Waals surface area contributed by atoms with Crippen molar-refractivity contribution in [2.24, 2.45) is 7.05 Å². The molecule has 0 aliphatic carbocycles. The van der Waals surface area contributed by atoms with Crippen LogP contribution < -0.4 is 10.7 Å². The van der Waals surface area contributed by atoms with Crippen molar-refractivity contribution in [1.29, 1.82) is 0 Å². The number of pyridine rings is 1. The smallest absolute Gasteiger partial charge is 0.306 e. The van der Waals surface area contributed by atoms with Gasteiger partial charge >= 0.3 is 5.69 Å². The molecule has 0 saturated carbocycles. The zero-order valence-electron chi connectivity index (χ0n) is 15.6. The van der Waals surface area contributed by atoms with Gasteiger partial charge in [-0.3, -0.25) is 9.47 Å². The fourth-order valence-electron chi connectivity index (χ4n) is 3.97. The zero-order chi connectivity index (χ0) is 19.3. The fraction of sp³-hybridized carbons (Fsp3) is 0.300. The van der Waals surface area contributed by atoms with Crippen molar-refractivity contribution in [2.75, 3.05) is 31.2 Å². The molecule has 1 aliphatic heterocycles. The summed E-state index contributed by atoms with van der Waals surface area (Å²) in [4.78, 5) is 19.8. The molecule has 8 heteroatoms. The van der Waals surface area contributed by atoms with E-state index < -0.39 is 0 Å². The Bertz CT molecular complexity index is 1210. The van der Waals surface area contributed by atoms with Gasteiger partial charge in [0.05, 0.1) is 21.7 Å². The summed E-state index contributed by atoms with van der Waals surface area (Å²) >= 11 is 6.06. The lowest BCUT2D eigenvalue weighted by Crippen LogP contribution is -2.53. The molecule has 0 amide bonds. The molecule has 28 heavy (non-hydrogen) atoms. The van der Waals surface area contributed by atoms with Crippen LogP contribution in [0.5, 0.6) is 0 Å². The van der Waals surface area contributed by atoms with E-state index in [4.69, 9.17) is 11.6 Å². The average Bonchev–Trinajstić information content (AvgIpc) is 3.21. The summed E-state index contributed by atoms with van der Waals surface area (Å²) in [6, 6.07) is 11.7. The number of halogens is 1. The van der Waals surface area contributed by atoms with Gasteiger partial charge < -0.3 is 9.41 Å². The molecule has 0 bridgehead atoms. The number of aryl methyl sites for hydroxylation is 1. The molecule has 144 valence electrons. The molecule has 7 nitrogen and oxygen atoms in total. The maximum Gasteiger partial charge on any atom is 0.347 e. The van der Waals surface area contributed by atoms with Crippen molar-refractivity contribution in [3.8, 4) is 0 Å². The highest BCUT2D eigenvalue weighted by molar-refractivity contribution is 6.30. The average molecular weight is 397 g/mol. The first kappa shape index (κ1) is 17.3. The zero-order valence-corrected chi connectivity index (χ0v) is 16.4. The minimum atomic E-state index is 0.00637. The highest BCUT2D eigenvalue weighted by Crippen LogP contribution is 2.15. The van der Waals surface area contributed by atoms with Gasteiger partial charge in [-0.1, -0.05) is 23.7 Å². The Balaban J connectivity index is 1.32. The summed E-state index contributed by atoms with van der Waals surface area (Å²) in [7, 11) is 1.83. The standard InChI is InChI=1S/C20H21ClN6O/c1-23-17-4-2-3-5-18(17)27(20(23)28)26-10-8-24(9-11-26)13-16-14-25-12-15(21)6-7-19(25)22-16/h2-7,12,14H,8-11,13H2,1H3. The van der Waals surface area contributed by atoms with E-state index in [0.717, 1.165) is 55.1 Å². The van der Waals surface area contributed by atoms with E-state index in [9.17, 15) is 4.79 Å². The predicted molar refractivity (Wildman–Crippen MR) is 111 cm³/mol. The minimum absolute atomic E-state index is 0.00637. The Kier molecular flexibility index (Phi) is 4.14. The Labute approximate surface area is 166 Å². The molecular formula is C20H21ClN6O. The molecule has 0 radical (unpaired) electrons. The lowest BCUT2D eigenvalue weighted by atomic mass is 10.3. The molecule has 1 aromatic carbocycles. The molecule has 0 spiro atoms. The van der Waals surface area contributed by atoms with Crippen LogP contribution >= 0.6 is 11.6 Å². The number of hydrogen-bond donors (Lipinski definition) is 0. The highest BCUT2D eigenvalue weighted by Gasteiger charge is 2.22. The predicted octanol–water partition coefficient (Wildman–Crippen LogP) is 2.09. The number of hydrogen-bond acceptors (Lipinski definition) is 4. The molecule has 5 rings (SSSR count). The quantitative estimate of drug-likeness (QED) is 0.532. The number of fused-ring (bicyclic) bond motifs is 2. The molecule has 3 aromatic heterocycles. The van der Waals surface area contributed by atoms with E-state index >= 15 is 0 Å². The van der Waals surface area contributed by atoms with Crippen molar-refractivity contribution in [2.45, 2.75) is 6.54 Å². The largest absolute Gasteiger partial charge is 0.347 e. The van der Waals surface area contributed by atoms with Crippen LogP contribution in [0.3, 0.4) is 0 Å². The molecule has 1 saturated heterocycles. The summed E-state index contributed by atoms with van der Waals surface area (Å²) in [5.74, 6) is 0. The number of piperazine rings is 1. The summed E-state index contributed by atoms with van der Waals surface area (Å²) < 4.78 is 5.49. The maximum absolute atomic E-state index is 12.7. The van der Waals surface area contributed by atoms with Crippen LogP contribution in [0.1, 0.15) is 5.69 Å². The number of aromatic nitrogens is 4. The fourth-order valence-corrected chi connectivity index (χ4v) is 4.13. The first-order chi connectivity index (χ1) is 13.6. The van der Waals surface area contributed by atoms with Crippen LogP contribution in [0.15, 0.2) is 53.6 Å². The van der Waals surface area contributed by atoms with Crippen LogP contribution in [0.4, 0.5) is 0 Å². The van der Waals surface area contributed by atoms with Crippen molar-refractivity contribution in [3.63, 3.8) is 0 Å². The van der Waals surface area contributed by atoms with Gasteiger partial charge in [0.15, 0.2) is 0 Å². The Morgan fingerprint density at radius 2 is 1.75 bits per heavy atom. The van der Waals surface area contributed by atoms with Gasteiger partial charge in [0.25, 0.3) is 0 Å². The third-order valence-electron chi connectivity index (χ3n) is 5.42. The number of nitrogens with zero attached hydrogens (tertiary/aromatic N) is 6. The SMILES string of the molecule is Cn1c(=O)n(N2CCN(Cc3cn4cc(Cl)ccc4n3)CC2)c2ccccc21. The van der Waals surface area contributed by atoms with E-state index in [1.165, 1.54) is 0 Å². The van der Waals surface area contributed by atoms with Gasteiger partial charge in [-0.05, 0) is 24.3 Å². The molecular weight excluding hydrogens is 376 g/mol. The molecule has 1 aliphatic rings. The summed E-state index contributed by atoms with van der Waals surface area (Å²) in [6.07, 6.45) is 3.90. The third-order valence-corrected chi connectivity index (χ3v) is 5.64. The lowest BCUT2D eigenvalue weighted by Gasteiger charge is -2.35. The molecule has 0 atom stereocenters. The van der Waals surface area contributed by atoms with Gasteiger partial charge in [-0.15, -0.1) is 0 Å². The highest BCUT2D eigenvalue weighted by atomic mass is 35.5. The van der Waals surface area contributed by atoms with E-state index in [2.05, 4.69) is 14.9 Å². The monoisotopic (exact) mass is 396 g/mol. The van der Waals surface area contributed by atoms with Crippen molar-refractivity contribution in [3.05, 3.63) is 70.0 Å². The van der Waals surface area contributed by atoms with Gasteiger partial charge in [0.1, 0.15) is 5.65 Å². The number of imidazole rings is 2. The normalized spacial score (nSPS) is 15.7. The van der Waals surface area contributed by atoms with E-state index in [-0.39, 0.29) is 5.69 Å². The number of para-hydroxylation sites is 2. The summed E-state index contributed by atoms with van der Waals surface area (Å²) in [6.45, 7) is 4.15. The Morgan fingerprint density at radius 1 is 1.00 bits per heavy atom. The van der Waals surface area contributed by atoms with Crippen LogP contribution in [0.25, 0.3) is 16.7 Å².